The van der Waals surface area contributed by atoms with Gasteiger partial charge in [-0.1, -0.05) is 0 Å². The lowest BCUT2D eigenvalue weighted by Crippen LogP contribution is -1.98. The van der Waals surface area contributed by atoms with Gasteiger partial charge < -0.3 is 0 Å². The van der Waals surface area contributed by atoms with Gasteiger partial charge >= 0.3 is 0 Å². The summed E-state index contributed by atoms with van der Waals surface area (Å²) >= 11 is 3.42. The molecule has 2 aromatic rings. The maximum Gasteiger partial charge on any atom is 0.178 e. The summed E-state index contributed by atoms with van der Waals surface area (Å²) in [5.74, 6) is 0.0215. The van der Waals surface area contributed by atoms with Crippen LogP contribution in [0, 0.1) is 6.92 Å². The van der Waals surface area contributed by atoms with Gasteiger partial charge in [-0.25, -0.2) is 4.98 Å². The molecule has 0 radical (unpaired) electrons. The van der Waals surface area contributed by atoms with Crippen LogP contribution in [0.15, 0.2) is 22.9 Å². The lowest BCUT2D eigenvalue weighted by molar-refractivity contribution is 0.101. The van der Waals surface area contributed by atoms with Crippen LogP contribution in [0.4, 0.5) is 0 Å². The monoisotopic (exact) mass is 252 g/mol. The average Bonchev–Trinajstić information content (AvgIpc) is 2.48. The Balaban J connectivity index is 2.80. The molecule has 0 atom stereocenters. The van der Waals surface area contributed by atoms with Crippen molar-refractivity contribution in [3.05, 3.63) is 34.2 Å². The number of imidazole rings is 1. The van der Waals surface area contributed by atoms with E-state index in [1.165, 1.54) is 6.92 Å². The van der Waals surface area contributed by atoms with Crippen molar-refractivity contribution in [1.82, 2.24) is 9.38 Å². The SMILES string of the molecule is CC(=O)c1cnc2cc(C)c(Br)cn12. The van der Waals surface area contributed by atoms with Crippen LogP contribution in [0.1, 0.15) is 23.0 Å². The van der Waals surface area contributed by atoms with Crippen molar-refractivity contribution in [2.75, 3.05) is 0 Å². The van der Waals surface area contributed by atoms with Gasteiger partial charge in [-0.3, -0.25) is 9.20 Å². The molecule has 0 aliphatic heterocycles. The van der Waals surface area contributed by atoms with Crippen LogP contribution >= 0.6 is 15.9 Å². The van der Waals surface area contributed by atoms with E-state index in [4.69, 9.17) is 0 Å². The van der Waals surface area contributed by atoms with Crippen LogP contribution in [0.5, 0.6) is 0 Å². The summed E-state index contributed by atoms with van der Waals surface area (Å²) in [4.78, 5) is 15.4. The number of hydrogen-bond donors (Lipinski definition) is 0. The normalized spacial score (nSPS) is 10.8. The number of carbonyl (C=O) groups is 1. The third-order valence-electron chi connectivity index (χ3n) is 2.15. The molecule has 0 saturated carbocycles. The van der Waals surface area contributed by atoms with E-state index < -0.39 is 0 Å². The predicted octanol–water partition coefficient (Wildman–Crippen LogP) is 2.61. The summed E-state index contributed by atoms with van der Waals surface area (Å²) in [6.07, 6.45) is 3.47. The van der Waals surface area contributed by atoms with Gasteiger partial charge in [-0.05, 0) is 34.5 Å². The zero-order chi connectivity index (χ0) is 10.3. The minimum absolute atomic E-state index is 0.0215. The Morgan fingerprint density at radius 1 is 1.57 bits per heavy atom. The van der Waals surface area contributed by atoms with Gasteiger partial charge in [-0.2, -0.15) is 0 Å². The first-order chi connectivity index (χ1) is 6.59. The summed E-state index contributed by atoms with van der Waals surface area (Å²) in [5, 5.41) is 0. The van der Waals surface area contributed by atoms with Crippen molar-refractivity contribution in [3.63, 3.8) is 0 Å². The number of ketones is 1. The van der Waals surface area contributed by atoms with Gasteiger partial charge in [0.2, 0.25) is 0 Å². The number of hydrogen-bond acceptors (Lipinski definition) is 2. The van der Waals surface area contributed by atoms with E-state index in [0.717, 1.165) is 15.7 Å². The minimum Gasteiger partial charge on any atom is -0.296 e. The molecule has 0 aromatic carbocycles. The predicted molar refractivity (Wildman–Crippen MR) is 57.6 cm³/mol. The van der Waals surface area contributed by atoms with E-state index in [1.54, 1.807) is 10.6 Å². The van der Waals surface area contributed by atoms with Gasteiger partial charge in [0.1, 0.15) is 11.3 Å². The van der Waals surface area contributed by atoms with Crippen LogP contribution in [0.25, 0.3) is 5.65 Å². The third kappa shape index (κ3) is 1.35. The summed E-state index contributed by atoms with van der Waals surface area (Å²) in [5.41, 5.74) is 2.52. The minimum atomic E-state index is 0.0215. The summed E-state index contributed by atoms with van der Waals surface area (Å²) in [7, 11) is 0. The molecule has 3 nitrogen and oxygen atoms in total. The molecule has 2 aromatic heterocycles. The Morgan fingerprint density at radius 2 is 2.29 bits per heavy atom. The smallest absolute Gasteiger partial charge is 0.178 e. The van der Waals surface area contributed by atoms with Gasteiger partial charge in [0, 0.05) is 17.6 Å². The Hall–Kier alpha value is -1.16. The van der Waals surface area contributed by atoms with Crippen molar-refractivity contribution >= 4 is 27.4 Å². The Bertz CT molecular complexity index is 516. The van der Waals surface area contributed by atoms with Gasteiger partial charge in [-0.15, -0.1) is 0 Å². The van der Waals surface area contributed by atoms with E-state index in [-0.39, 0.29) is 5.78 Å². The largest absolute Gasteiger partial charge is 0.296 e. The number of aryl methyl sites for hydroxylation is 1. The molecule has 14 heavy (non-hydrogen) atoms. The second-order valence-corrected chi connectivity index (χ2v) is 4.09. The van der Waals surface area contributed by atoms with Crippen LogP contribution in [0.3, 0.4) is 0 Å². The number of rotatable bonds is 1. The standard InChI is InChI=1S/C10H9BrN2O/c1-6-3-10-12-4-9(7(2)14)13(10)5-8(6)11/h3-5H,1-2H3. The molecule has 0 fully saturated rings. The topological polar surface area (TPSA) is 34.4 Å². The van der Waals surface area contributed by atoms with E-state index in [1.807, 2.05) is 19.2 Å². The van der Waals surface area contributed by atoms with E-state index in [0.29, 0.717) is 5.69 Å². The Morgan fingerprint density at radius 3 is 2.93 bits per heavy atom. The number of nitrogens with zero attached hydrogens (tertiary/aromatic N) is 2. The van der Waals surface area contributed by atoms with Gasteiger partial charge in [0.05, 0.1) is 6.20 Å². The molecule has 0 aliphatic carbocycles. The van der Waals surface area contributed by atoms with Crippen LogP contribution in [-0.2, 0) is 0 Å². The molecule has 0 bridgehead atoms. The number of aromatic nitrogens is 2. The first-order valence-corrected chi connectivity index (χ1v) is 5.03. The molecule has 0 N–H and O–H groups in total. The number of halogens is 1. The van der Waals surface area contributed by atoms with E-state index >= 15 is 0 Å². The molecule has 0 spiro atoms. The first kappa shape index (κ1) is 9.40. The van der Waals surface area contributed by atoms with Gasteiger partial charge in [0.25, 0.3) is 0 Å². The van der Waals surface area contributed by atoms with Crippen LogP contribution in [0.2, 0.25) is 0 Å². The molecule has 4 heteroatoms. The second-order valence-electron chi connectivity index (χ2n) is 3.23. The highest BCUT2D eigenvalue weighted by Gasteiger charge is 2.08. The number of fused-ring (bicyclic) bond motifs is 1. The first-order valence-electron chi connectivity index (χ1n) is 4.24. The summed E-state index contributed by atoms with van der Waals surface area (Å²) in [6, 6.07) is 1.94. The highest BCUT2D eigenvalue weighted by atomic mass is 79.9. The lowest BCUT2D eigenvalue weighted by Gasteiger charge is -2.01. The highest BCUT2D eigenvalue weighted by molar-refractivity contribution is 9.10. The Kier molecular flexibility index (Phi) is 2.15. The second kappa shape index (κ2) is 3.20. The number of Topliss-reactive ketones (excluding diaryl/α,β-unsaturated/α-hetero) is 1. The molecular weight excluding hydrogens is 244 g/mol. The fourth-order valence-electron chi connectivity index (χ4n) is 1.36. The molecular formula is C10H9BrN2O. The van der Waals surface area contributed by atoms with E-state index in [9.17, 15) is 4.79 Å². The maximum atomic E-state index is 11.2. The summed E-state index contributed by atoms with van der Waals surface area (Å²) < 4.78 is 2.77. The summed E-state index contributed by atoms with van der Waals surface area (Å²) in [6.45, 7) is 3.53. The van der Waals surface area contributed by atoms with Crippen LogP contribution < -0.4 is 0 Å². The third-order valence-corrected chi connectivity index (χ3v) is 2.98. The average molecular weight is 253 g/mol. The quantitative estimate of drug-likeness (QED) is 0.732. The van der Waals surface area contributed by atoms with E-state index in [2.05, 4.69) is 20.9 Å². The highest BCUT2D eigenvalue weighted by Crippen LogP contribution is 2.18. The molecule has 0 amide bonds. The molecule has 72 valence electrons. The van der Waals surface area contributed by atoms with Crippen LogP contribution in [-0.4, -0.2) is 15.2 Å². The zero-order valence-electron chi connectivity index (χ0n) is 7.91. The van der Waals surface area contributed by atoms with Crippen molar-refractivity contribution in [2.24, 2.45) is 0 Å². The molecule has 0 unspecified atom stereocenters. The number of pyridine rings is 1. The molecule has 2 heterocycles. The maximum absolute atomic E-state index is 11.2. The fraction of sp³-hybridized carbons (Fsp3) is 0.200. The fourth-order valence-corrected chi connectivity index (χ4v) is 1.68. The van der Waals surface area contributed by atoms with Crippen molar-refractivity contribution in [1.29, 1.82) is 0 Å². The molecule has 0 saturated heterocycles. The number of carbonyl (C=O) groups excluding carboxylic acids is 1. The Labute approximate surface area is 89.9 Å². The van der Waals surface area contributed by atoms with Crippen molar-refractivity contribution in [2.45, 2.75) is 13.8 Å². The van der Waals surface area contributed by atoms with Gasteiger partial charge in [0.15, 0.2) is 5.78 Å². The zero-order valence-corrected chi connectivity index (χ0v) is 9.50. The molecule has 0 aliphatic rings. The van der Waals surface area contributed by atoms with Crippen molar-refractivity contribution < 1.29 is 4.79 Å². The molecule has 2 rings (SSSR count). The lowest BCUT2D eigenvalue weighted by atomic mass is 10.3. The van der Waals surface area contributed by atoms with Crippen molar-refractivity contribution in [3.8, 4) is 0 Å².